The van der Waals surface area contributed by atoms with Crippen LogP contribution >= 0.6 is 12.2 Å². The molecule has 1 aliphatic rings. The van der Waals surface area contributed by atoms with Gasteiger partial charge >= 0.3 is 0 Å². The van der Waals surface area contributed by atoms with Crippen molar-refractivity contribution in [2.24, 2.45) is 5.73 Å². The van der Waals surface area contributed by atoms with Crippen molar-refractivity contribution in [3.05, 3.63) is 29.8 Å². The van der Waals surface area contributed by atoms with E-state index in [1.165, 1.54) is 0 Å². The Balaban J connectivity index is 1.75. The molecule has 6 heteroatoms. The maximum atomic E-state index is 10.0. The van der Waals surface area contributed by atoms with Crippen LogP contribution in [0.4, 0.5) is 0 Å². The number of nitrogens with two attached hydrogens (primary N) is 1. The predicted octanol–water partition coefficient (Wildman–Crippen LogP) is 0.781. The van der Waals surface area contributed by atoms with Crippen LogP contribution < -0.4 is 10.5 Å². The number of benzene rings is 1. The number of nitrogens with zero attached hydrogens (tertiary/aromatic N) is 1. The van der Waals surface area contributed by atoms with Crippen molar-refractivity contribution in [2.45, 2.75) is 18.6 Å². The number of hydrogen-bond acceptors (Lipinski definition) is 5. The number of aliphatic hydroxyl groups is 1. The molecule has 0 saturated carbocycles. The van der Waals surface area contributed by atoms with E-state index < -0.39 is 6.10 Å². The minimum atomic E-state index is -0.536. The van der Waals surface area contributed by atoms with Crippen molar-refractivity contribution < 1.29 is 14.6 Å². The largest absolute Gasteiger partial charge is 0.491 e. The lowest BCUT2D eigenvalue weighted by atomic mass is 10.2. The summed E-state index contributed by atoms with van der Waals surface area (Å²) in [4.78, 5) is 2.48. The molecule has 5 nitrogen and oxygen atoms in total. The number of likely N-dealkylation sites (N-methyl/N-ethyl adjacent to an activating group) is 1. The lowest BCUT2D eigenvalue weighted by Crippen LogP contribution is -2.39. The maximum absolute atomic E-state index is 10.0. The first kappa shape index (κ1) is 16.2. The highest BCUT2D eigenvalue weighted by Gasteiger charge is 2.22. The van der Waals surface area contributed by atoms with Crippen LogP contribution in [0.25, 0.3) is 0 Å². The molecule has 1 aliphatic heterocycles. The van der Waals surface area contributed by atoms with E-state index in [0.717, 1.165) is 25.2 Å². The molecular formula is C15H22N2O3S. The molecule has 0 spiro atoms. The molecule has 116 valence electrons. The molecular weight excluding hydrogens is 288 g/mol. The van der Waals surface area contributed by atoms with Gasteiger partial charge in [-0.05, 0) is 37.7 Å². The van der Waals surface area contributed by atoms with Crippen LogP contribution in [0.3, 0.4) is 0 Å². The van der Waals surface area contributed by atoms with Gasteiger partial charge in [-0.1, -0.05) is 12.2 Å². The van der Waals surface area contributed by atoms with Crippen LogP contribution in [0.5, 0.6) is 5.75 Å². The standard InChI is InChI=1S/C15H22N2O3S/c1-17(12-6-7-19-9-12)8-13(18)10-20-14-4-2-11(3-5-14)15(16)21/h2-5,12-13,18H,6-10H2,1H3,(H2,16,21). The van der Waals surface area contributed by atoms with E-state index in [-0.39, 0.29) is 6.61 Å². The topological polar surface area (TPSA) is 68.0 Å². The highest BCUT2D eigenvalue weighted by Crippen LogP contribution is 2.14. The Bertz CT molecular complexity index is 460. The Kier molecular flexibility index (Phi) is 5.93. The highest BCUT2D eigenvalue weighted by molar-refractivity contribution is 7.80. The molecule has 1 aromatic carbocycles. The first-order chi connectivity index (χ1) is 10.1. The Labute approximate surface area is 130 Å². The van der Waals surface area contributed by atoms with Gasteiger partial charge in [-0.2, -0.15) is 0 Å². The highest BCUT2D eigenvalue weighted by atomic mass is 32.1. The van der Waals surface area contributed by atoms with E-state index in [1.807, 2.05) is 19.2 Å². The lowest BCUT2D eigenvalue weighted by Gasteiger charge is -2.25. The molecule has 21 heavy (non-hydrogen) atoms. The average molecular weight is 310 g/mol. The van der Waals surface area contributed by atoms with E-state index in [9.17, 15) is 5.11 Å². The Morgan fingerprint density at radius 3 is 2.81 bits per heavy atom. The number of thiocarbonyl (C=S) groups is 1. The third-order valence-electron chi connectivity index (χ3n) is 3.61. The van der Waals surface area contributed by atoms with Crippen LogP contribution in [0, 0.1) is 0 Å². The molecule has 1 saturated heterocycles. The smallest absolute Gasteiger partial charge is 0.119 e. The van der Waals surface area contributed by atoms with Gasteiger partial charge in [0.15, 0.2) is 0 Å². The van der Waals surface area contributed by atoms with E-state index in [2.05, 4.69) is 4.90 Å². The molecule has 2 rings (SSSR count). The van der Waals surface area contributed by atoms with E-state index in [0.29, 0.717) is 23.3 Å². The first-order valence-corrected chi connectivity index (χ1v) is 7.46. The second kappa shape index (κ2) is 7.70. The zero-order valence-corrected chi connectivity index (χ0v) is 13.0. The fourth-order valence-corrected chi connectivity index (χ4v) is 2.45. The SMILES string of the molecule is CN(CC(O)COc1ccc(C(N)=S)cc1)C1CCOC1. The van der Waals surface area contributed by atoms with Crippen LogP contribution in [0.1, 0.15) is 12.0 Å². The number of rotatable bonds is 7. The molecule has 0 radical (unpaired) electrons. The molecule has 1 aromatic rings. The third kappa shape index (κ3) is 4.93. The first-order valence-electron chi connectivity index (χ1n) is 7.05. The predicted molar refractivity (Wildman–Crippen MR) is 85.7 cm³/mol. The second-order valence-corrected chi connectivity index (χ2v) is 5.75. The van der Waals surface area contributed by atoms with E-state index >= 15 is 0 Å². The molecule has 2 atom stereocenters. The maximum Gasteiger partial charge on any atom is 0.119 e. The summed E-state index contributed by atoms with van der Waals surface area (Å²) in [7, 11) is 2.00. The van der Waals surface area contributed by atoms with Gasteiger partial charge in [0.05, 0.1) is 6.61 Å². The summed E-state index contributed by atoms with van der Waals surface area (Å²) in [6.07, 6.45) is 0.482. The van der Waals surface area contributed by atoms with Gasteiger partial charge < -0.3 is 20.3 Å². The van der Waals surface area contributed by atoms with Crippen molar-refractivity contribution in [3.63, 3.8) is 0 Å². The van der Waals surface area contributed by atoms with Crippen molar-refractivity contribution in [1.82, 2.24) is 4.90 Å². The van der Waals surface area contributed by atoms with Crippen molar-refractivity contribution in [3.8, 4) is 5.75 Å². The minimum Gasteiger partial charge on any atom is -0.491 e. The summed E-state index contributed by atoms with van der Waals surface area (Å²) in [6, 6.07) is 7.62. The van der Waals surface area contributed by atoms with Gasteiger partial charge in [0, 0.05) is 24.8 Å². The monoisotopic (exact) mass is 310 g/mol. The Morgan fingerprint density at radius 1 is 1.52 bits per heavy atom. The molecule has 1 heterocycles. The van der Waals surface area contributed by atoms with Crippen molar-refractivity contribution >= 4 is 17.2 Å². The van der Waals surface area contributed by atoms with Crippen LogP contribution in [0.2, 0.25) is 0 Å². The number of ether oxygens (including phenoxy) is 2. The summed E-state index contributed by atoms with van der Waals surface area (Å²) >= 11 is 4.89. The van der Waals surface area contributed by atoms with Gasteiger partial charge in [-0.25, -0.2) is 0 Å². The van der Waals surface area contributed by atoms with Gasteiger partial charge in [0.25, 0.3) is 0 Å². The molecule has 0 aliphatic carbocycles. The van der Waals surface area contributed by atoms with Crippen LogP contribution in [-0.4, -0.2) is 60.6 Å². The van der Waals surface area contributed by atoms with E-state index in [1.54, 1.807) is 12.1 Å². The summed E-state index contributed by atoms with van der Waals surface area (Å²) in [5.41, 5.74) is 6.34. The normalized spacial score (nSPS) is 19.7. The van der Waals surface area contributed by atoms with E-state index in [4.69, 9.17) is 27.4 Å². The average Bonchev–Trinajstić information content (AvgIpc) is 3.00. The summed E-state index contributed by atoms with van der Waals surface area (Å²) in [6.45, 7) is 2.37. The second-order valence-electron chi connectivity index (χ2n) is 5.31. The van der Waals surface area contributed by atoms with Crippen LogP contribution in [0.15, 0.2) is 24.3 Å². The molecule has 3 N–H and O–H groups in total. The summed E-state index contributed by atoms with van der Waals surface area (Å²) in [5, 5.41) is 10.0. The zero-order chi connectivity index (χ0) is 15.2. The molecule has 0 bridgehead atoms. The van der Waals surface area contributed by atoms with Gasteiger partial charge in [-0.3, -0.25) is 4.90 Å². The molecule has 0 aromatic heterocycles. The Morgan fingerprint density at radius 2 is 2.24 bits per heavy atom. The van der Waals surface area contributed by atoms with Crippen molar-refractivity contribution in [2.75, 3.05) is 33.4 Å². The molecule has 1 fully saturated rings. The fraction of sp³-hybridized carbons (Fsp3) is 0.533. The Hall–Kier alpha value is -1.21. The van der Waals surface area contributed by atoms with Gasteiger partial charge in [0.1, 0.15) is 23.4 Å². The van der Waals surface area contributed by atoms with Gasteiger partial charge in [-0.15, -0.1) is 0 Å². The lowest BCUT2D eigenvalue weighted by molar-refractivity contribution is 0.0597. The molecule has 2 unspecified atom stereocenters. The third-order valence-corrected chi connectivity index (χ3v) is 3.84. The van der Waals surface area contributed by atoms with Crippen LogP contribution in [-0.2, 0) is 4.74 Å². The quantitative estimate of drug-likeness (QED) is 0.726. The number of aliphatic hydroxyl groups excluding tert-OH is 1. The summed E-state index contributed by atoms with van der Waals surface area (Å²) in [5.74, 6) is 0.695. The summed E-state index contributed by atoms with van der Waals surface area (Å²) < 4.78 is 10.9. The zero-order valence-electron chi connectivity index (χ0n) is 12.2. The number of hydrogen-bond donors (Lipinski definition) is 2. The minimum absolute atomic E-state index is 0.254. The molecule has 0 amide bonds. The fourth-order valence-electron chi connectivity index (χ4n) is 2.31. The van der Waals surface area contributed by atoms with Crippen molar-refractivity contribution in [1.29, 1.82) is 0 Å². The van der Waals surface area contributed by atoms with Gasteiger partial charge in [0.2, 0.25) is 0 Å².